The highest BCUT2D eigenvalue weighted by Gasteiger charge is 2.26. The number of aromatic nitrogens is 3. The number of ether oxygens (including phenoxy) is 1. The van der Waals surface area contributed by atoms with E-state index in [1.807, 2.05) is 69.8 Å². The van der Waals surface area contributed by atoms with E-state index in [2.05, 4.69) is 147 Å². The molecule has 0 radical (unpaired) electrons. The van der Waals surface area contributed by atoms with Crippen LogP contribution in [0, 0.1) is 6.33 Å². The molecule has 3 heterocycles. The highest BCUT2D eigenvalue weighted by Crippen LogP contribution is 2.45. The minimum Gasteiger partial charge on any atom is -0.458 e. The Morgan fingerprint density at radius 1 is 0.492 bits per heavy atom. The smallest absolute Gasteiger partial charge is 0.269 e. The number of imidazole rings is 1. The van der Waals surface area contributed by atoms with Crippen molar-refractivity contribution in [2.24, 2.45) is 0 Å². The predicted octanol–water partition coefficient (Wildman–Crippen LogP) is 14.9. The Labute approximate surface area is 374 Å². The van der Waals surface area contributed by atoms with Crippen molar-refractivity contribution in [1.82, 2.24) is 9.13 Å². The van der Waals surface area contributed by atoms with Crippen LogP contribution >= 0.6 is 0 Å². The van der Waals surface area contributed by atoms with Crippen molar-refractivity contribution in [2.75, 3.05) is 0 Å². The third-order valence-corrected chi connectivity index (χ3v) is 12.4. The zero-order chi connectivity index (χ0) is 46.6. The molecule has 0 saturated heterocycles. The molecule has 9 aromatic carbocycles. The Morgan fingerprint density at radius 2 is 1.08 bits per heavy atom. The van der Waals surface area contributed by atoms with Gasteiger partial charge in [-0.05, 0) is 104 Å². The minimum absolute atomic E-state index is 0.0151. The number of para-hydroxylation sites is 3. The van der Waals surface area contributed by atoms with Crippen LogP contribution in [0.4, 0.5) is 0 Å². The molecule has 0 N–H and O–H groups in total. The molecule has 1 aliphatic rings. The first-order valence-electron chi connectivity index (χ1n) is 23.8. The van der Waals surface area contributed by atoms with Gasteiger partial charge in [-0.25, -0.2) is 0 Å². The molecular weight excluding hydrogens is 767 g/mol. The van der Waals surface area contributed by atoms with Gasteiger partial charge in [-0.15, -0.1) is 0 Å². The molecule has 11 aromatic rings. The number of nitrogens with zero attached hydrogens (tertiary/aromatic N) is 3. The van der Waals surface area contributed by atoms with Crippen molar-refractivity contribution in [3.8, 4) is 73.1 Å². The third kappa shape index (κ3) is 6.01. The zero-order valence-electron chi connectivity index (χ0n) is 40.0. The van der Waals surface area contributed by atoms with Gasteiger partial charge >= 0.3 is 0 Å². The molecule has 4 heteroatoms. The van der Waals surface area contributed by atoms with Gasteiger partial charge in [0.25, 0.3) is 6.33 Å². The summed E-state index contributed by atoms with van der Waals surface area (Å²) < 4.78 is 57.3. The SMILES string of the molecule is [2H]c1c([2H])c([2H])c(-c2cccc3c2-[n+]2[c-]n(-c4cccc(Oc5ccc6c7ccccc7n(-c7cccc(C(C)(C)C)c7)c6c5)c4)c4cccc(c42)-c2ccccc2-c2ccccc2-3)c([2H])c1[2H]. The third-order valence-electron chi connectivity index (χ3n) is 12.4. The lowest BCUT2D eigenvalue weighted by Crippen LogP contribution is -2.32. The fourth-order valence-electron chi connectivity index (χ4n) is 9.45. The van der Waals surface area contributed by atoms with E-state index in [0.29, 0.717) is 22.7 Å². The van der Waals surface area contributed by atoms with E-state index >= 15 is 0 Å². The maximum atomic E-state index is 9.17. The summed E-state index contributed by atoms with van der Waals surface area (Å²) >= 11 is 0. The molecule has 1 aliphatic heterocycles. The molecule has 0 atom stereocenters. The first-order valence-corrected chi connectivity index (χ1v) is 21.3. The molecule has 12 rings (SSSR count). The molecule has 300 valence electrons. The number of hydrogen-bond donors (Lipinski definition) is 0. The van der Waals surface area contributed by atoms with Crippen LogP contribution in [0.1, 0.15) is 33.2 Å². The molecule has 0 bridgehead atoms. The first-order chi connectivity index (χ1) is 33.0. The Hall–Kier alpha value is -7.95. The second kappa shape index (κ2) is 14.3. The van der Waals surface area contributed by atoms with Gasteiger partial charge in [-0.1, -0.05) is 172 Å². The van der Waals surface area contributed by atoms with E-state index < -0.39 is 18.1 Å². The summed E-state index contributed by atoms with van der Waals surface area (Å²) in [6.07, 6.45) is 3.74. The molecule has 0 saturated carbocycles. The van der Waals surface area contributed by atoms with Crippen LogP contribution in [0.5, 0.6) is 11.5 Å². The molecule has 63 heavy (non-hydrogen) atoms. The van der Waals surface area contributed by atoms with Gasteiger partial charge in [0.1, 0.15) is 11.5 Å². The van der Waals surface area contributed by atoms with Crippen molar-refractivity contribution in [3.63, 3.8) is 0 Å². The van der Waals surface area contributed by atoms with Gasteiger partial charge in [0.15, 0.2) is 0 Å². The molecule has 4 nitrogen and oxygen atoms in total. The zero-order valence-corrected chi connectivity index (χ0v) is 35.0. The summed E-state index contributed by atoms with van der Waals surface area (Å²) in [5, 5.41) is 2.30. The lowest BCUT2D eigenvalue weighted by atomic mass is 9.87. The van der Waals surface area contributed by atoms with E-state index in [4.69, 9.17) is 8.85 Å². The Bertz CT molecular complexity index is 3870. The number of benzene rings is 9. The summed E-state index contributed by atoms with van der Waals surface area (Å²) in [7, 11) is 0. The fourth-order valence-corrected chi connectivity index (χ4v) is 9.45. The van der Waals surface area contributed by atoms with Crippen LogP contribution < -0.4 is 9.30 Å². The number of rotatable bonds is 5. The van der Waals surface area contributed by atoms with Crippen LogP contribution in [0.3, 0.4) is 0 Å². The summed E-state index contributed by atoms with van der Waals surface area (Å²) in [6.45, 7) is 6.71. The Kier molecular flexibility index (Phi) is 7.24. The molecule has 2 aromatic heterocycles. The summed E-state index contributed by atoms with van der Waals surface area (Å²) in [5.41, 5.74) is 14.0. The average Bonchev–Trinajstić information content (AvgIpc) is 3.92. The molecule has 0 amide bonds. The van der Waals surface area contributed by atoms with Crippen molar-refractivity contribution >= 4 is 32.8 Å². The van der Waals surface area contributed by atoms with E-state index in [0.717, 1.165) is 72.2 Å². The fraction of sp³-hybridized carbons (Fsp3) is 0.0678. The van der Waals surface area contributed by atoms with Crippen LogP contribution in [0.25, 0.3) is 94.4 Å². The number of fused-ring (bicyclic) bond motifs is 10. The molecule has 0 spiro atoms. The van der Waals surface area contributed by atoms with Crippen molar-refractivity contribution in [3.05, 3.63) is 218 Å². The molecule has 0 aliphatic carbocycles. The van der Waals surface area contributed by atoms with Gasteiger partial charge < -0.3 is 9.30 Å². The quantitative estimate of drug-likeness (QED) is 0.125. The van der Waals surface area contributed by atoms with Gasteiger partial charge in [0, 0.05) is 22.5 Å². The standard InChI is InChI=1S/C59H43N3O/c1-59(2,3)40-19-13-21-42(35-40)62-54-31-12-11-27-50(54)51-34-33-44(37-56(51)62)63-43-22-14-20-41(36-43)60-38-61-57-45(39-17-5-4-6-18-39)28-15-29-52(57)48-25-9-7-23-46(48)47-24-8-10-26-49(47)53-30-16-32-55(60)58(53)61/h4-37H,1-3H3/i4D,5D,6D,17D,18D. The maximum absolute atomic E-state index is 9.17. The van der Waals surface area contributed by atoms with Crippen LogP contribution in [-0.4, -0.2) is 9.13 Å². The second-order valence-electron chi connectivity index (χ2n) is 17.2. The average molecular weight is 815 g/mol. The molecular formula is C59H43N3O. The van der Waals surface area contributed by atoms with E-state index in [1.165, 1.54) is 10.9 Å². The van der Waals surface area contributed by atoms with E-state index in [1.54, 1.807) is 0 Å². The minimum atomic E-state index is -0.437. The highest BCUT2D eigenvalue weighted by molar-refractivity contribution is 6.09. The topological polar surface area (TPSA) is 23.0 Å². The highest BCUT2D eigenvalue weighted by atomic mass is 16.5. The van der Waals surface area contributed by atoms with E-state index in [-0.39, 0.29) is 23.1 Å². The number of hydrogen-bond acceptors (Lipinski definition) is 1. The lowest BCUT2D eigenvalue weighted by Gasteiger charge is -2.20. The van der Waals surface area contributed by atoms with Crippen LogP contribution in [-0.2, 0) is 5.41 Å². The largest absolute Gasteiger partial charge is 0.458 e. The van der Waals surface area contributed by atoms with Gasteiger partial charge in [0.05, 0.1) is 40.3 Å². The Morgan fingerprint density at radius 3 is 1.87 bits per heavy atom. The predicted molar refractivity (Wildman–Crippen MR) is 258 cm³/mol. The Balaban J connectivity index is 1.06. The van der Waals surface area contributed by atoms with Crippen molar-refractivity contribution in [2.45, 2.75) is 26.2 Å². The normalized spacial score (nSPS) is 13.2. The first kappa shape index (κ1) is 31.9. The molecule has 0 unspecified atom stereocenters. The molecule has 0 fully saturated rings. The van der Waals surface area contributed by atoms with Gasteiger partial charge in [0.2, 0.25) is 0 Å². The van der Waals surface area contributed by atoms with Gasteiger partial charge in [-0.3, -0.25) is 9.13 Å². The summed E-state index contributed by atoms with van der Waals surface area (Å²) in [6, 6.07) is 58.5. The van der Waals surface area contributed by atoms with Gasteiger partial charge in [-0.2, -0.15) is 0 Å². The second-order valence-corrected chi connectivity index (χ2v) is 17.2. The van der Waals surface area contributed by atoms with Crippen LogP contribution in [0.15, 0.2) is 206 Å². The van der Waals surface area contributed by atoms with Crippen molar-refractivity contribution in [1.29, 1.82) is 0 Å². The monoisotopic (exact) mass is 814 g/mol. The van der Waals surface area contributed by atoms with Crippen molar-refractivity contribution < 1.29 is 16.2 Å². The maximum Gasteiger partial charge on any atom is 0.269 e. The summed E-state index contributed by atoms with van der Waals surface area (Å²) in [4.78, 5) is 0. The lowest BCUT2D eigenvalue weighted by molar-refractivity contribution is -0.570. The van der Waals surface area contributed by atoms with E-state index in [9.17, 15) is 2.74 Å². The van der Waals surface area contributed by atoms with Crippen LogP contribution in [0.2, 0.25) is 0 Å². The summed E-state index contributed by atoms with van der Waals surface area (Å²) in [5.74, 6) is 1.33.